The van der Waals surface area contributed by atoms with Crippen molar-refractivity contribution in [1.29, 1.82) is 0 Å². The number of rotatable bonds is 1. The van der Waals surface area contributed by atoms with Gasteiger partial charge >= 0.3 is 0 Å². The minimum absolute atomic E-state index is 0.319. The van der Waals surface area contributed by atoms with Gasteiger partial charge in [-0.15, -0.1) is 0 Å². The molecule has 0 fully saturated rings. The van der Waals surface area contributed by atoms with Crippen LogP contribution in [-0.4, -0.2) is 6.54 Å². The SMILES string of the molecule is Fc1cc(F)cc(C2CNc3cc(F)ccc3O2)c1. The average Bonchev–Trinajstić information content (AvgIpc) is 2.37. The van der Waals surface area contributed by atoms with Crippen molar-refractivity contribution in [1.82, 2.24) is 0 Å². The first-order valence-corrected chi connectivity index (χ1v) is 5.78. The number of nitrogens with one attached hydrogen (secondary N) is 1. The van der Waals surface area contributed by atoms with Gasteiger partial charge in [0.1, 0.15) is 29.3 Å². The predicted octanol–water partition coefficient (Wildman–Crippen LogP) is 3.65. The van der Waals surface area contributed by atoms with E-state index in [1.54, 1.807) is 0 Å². The molecular weight excluding hydrogens is 255 g/mol. The van der Waals surface area contributed by atoms with Gasteiger partial charge in [-0.1, -0.05) is 0 Å². The van der Waals surface area contributed by atoms with Crippen LogP contribution in [0.1, 0.15) is 11.7 Å². The summed E-state index contributed by atoms with van der Waals surface area (Å²) in [4.78, 5) is 0. The molecule has 0 bridgehead atoms. The smallest absolute Gasteiger partial charge is 0.143 e. The van der Waals surface area contributed by atoms with Crippen LogP contribution in [0.3, 0.4) is 0 Å². The molecule has 2 aromatic carbocycles. The second-order valence-corrected chi connectivity index (χ2v) is 4.33. The quantitative estimate of drug-likeness (QED) is 0.849. The molecule has 2 aromatic rings. The molecule has 2 nitrogen and oxygen atoms in total. The van der Waals surface area contributed by atoms with E-state index in [2.05, 4.69) is 5.32 Å². The summed E-state index contributed by atoms with van der Waals surface area (Å²) in [5.41, 5.74) is 0.938. The molecule has 19 heavy (non-hydrogen) atoms. The number of benzene rings is 2. The molecule has 1 heterocycles. The van der Waals surface area contributed by atoms with Crippen molar-refractivity contribution < 1.29 is 17.9 Å². The van der Waals surface area contributed by atoms with Gasteiger partial charge in [0, 0.05) is 12.1 Å². The second kappa shape index (κ2) is 4.50. The monoisotopic (exact) mass is 265 g/mol. The van der Waals surface area contributed by atoms with Gasteiger partial charge < -0.3 is 10.1 Å². The Labute approximate surface area is 107 Å². The fourth-order valence-electron chi connectivity index (χ4n) is 2.09. The van der Waals surface area contributed by atoms with E-state index in [4.69, 9.17) is 4.74 Å². The van der Waals surface area contributed by atoms with Crippen molar-refractivity contribution in [3.8, 4) is 5.75 Å². The molecule has 0 aliphatic carbocycles. The van der Waals surface area contributed by atoms with Crippen LogP contribution in [0.25, 0.3) is 0 Å². The Morgan fingerprint density at radius 1 is 0.947 bits per heavy atom. The van der Waals surface area contributed by atoms with Crippen molar-refractivity contribution >= 4 is 5.69 Å². The van der Waals surface area contributed by atoms with Crippen LogP contribution in [0, 0.1) is 17.5 Å². The molecule has 0 saturated heterocycles. The van der Waals surface area contributed by atoms with E-state index in [-0.39, 0.29) is 5.82 Å². The lowest BCUT2D eigenvalue weighted by atomic mass is 10.1. The Kier molecular flexibility index (Phi) is 2.81. The summed E-state index contributed by atoms with van der Waals surface area (Å²) >= 11 is 0. The lowest BCUT2D eigenvalue weighted by Gasteiger charge is -2.27. The van der Waals surface area contributed by atoms with Gasteiger partial charge in [0.2, 0.25) is 0 Å². The van der Waals surface area contributed by atoms with Crippen molar-refractivity contribution in [2.45, 2.75) is 6.10 Å². The number of hydrogen-bond donors (Lipinski definition) is 1. The first kappa shape index (κ1) is 11.9. The number of anilines is 1. The van der Waals surface area contributed by atoms with Gasteiger partial charge in [-0.2, -0.15) is 0 Å². The maximum absolute atomic E-state index is 13.2. The van der Waals surface area contributed by atoms with Crippen LogP contribution < -0.4 is 10.1 Å². The third-order valence-electron chi connectivity index (χ3n) is 2.95. The standard InChI is InChI=1S/C14H10F3NO/c15-9-1-2-13-12(6-9)18-7-14(19-13)8-3-10(16)5-11(17)4-8/h1-6,14,18H,7H2. The molecule has 5 heteroatoms. The van der Waals surface area contributed by atoms with Crippen LogP contribution in [0.5, 0.6) is 5.75 Å². The lowest BCUT2D eigenvalue weighted by Crippen LogP contribution is -2.23. The van der Waals surface area contributed by atoms with Gasteiger partial charge in [0.15, 0.2) is 0 Å². The zero-order chi connectivity index (χ0) is 13.4. The Morgan fingerprint density at radius 3 is 2.42 bits per heavy atom. The molecule has 1 unspecified atom stereocenters. The van der Waals surface area contributed by atoms with E-state index in [1.165, 1.54) is 30.3 Å². The van der Waals surface area contributed by atoms with Gasteiger partial charge in [0.05, 0.1) is 12.2 Å². The van der Waals surface area contributed by atoms with Crippen molar-refractivity contribution in [3.05, 3.63) is 59.4 Å². The molecule has 0 aromatic heterocycles. The predicted molar refractivity (Wildman–Crippen MR) is 64.6 cm³/mol. The normalized spacial score (nSPS) is 17.3. The molecule has 0 saturated carbocycles. The maximum atomic E-state index is 13.2. The van der Waals surface area contributed by atoms with Gasteiger partial charge in [-0.05, 0) is 29.8 Å². The summed E-state index contributed by atoms with van der Waals surface area (Å²) in [7, 11) is 0. The minimum atomic E-state index is -0.650. The largest absolute Gasteiger partial charge is 0.482 e. The molecule has 1 atom stereocenters. The topological polar surface area (TPSA) is 21.3 Å². The first-order valence-electron chi connectivity index (χ1n) is 5.78. The molecule has 98 valence electrons. The first-order chi connectivity index (χ1) is 9.11. The lowest BCUT2D eigenvalue weighted by molar-refractivity contribution is 0.209. The summed E-state index contributed by atoms with van der Waals surface area (Å²) in [6, 6.07) is 7.34. The minimum Gasteiger partial charge on any atom is -0.482 e. The van der Waals surface area contributed by atoms with Crippen LogP contribution in [0.15, 0.2) is 36.4 Å². The van der Waals surface area contributed by atoms with Crippen LogP contribution in [0.2, 0.25) is 0 Å². The fourth-order valence-corrected chi connectivity index (χ4v) is 2.09. The van der Waals surface area contributed by atoms with Crippen LogP contribution in [0.4, 0.5) is 18.9 Å². The van der Waals surface area contributed by atoms with E-state index in [0.717, 1.165) is 6.07 Å². The Hall–Kier alpha value is -2.17. The third-order valence-corrected chi connectivity index (χ3v) is 2.95. The molecule has 0 radical (unpaired) electrons. The highest BCUT2D eigenvalue weighted by Gasteiger charge is 2.22. The van der Waals surface area contributed by atoms with Crippen molar-refractivity contribution in [2.75, 3.05) is 11.9 Å². The van der Waals surface area contributed by atoms with E-state index in [0.29, 0.717) is 23.5 Å². The van der Waals surface area contributed by atoms with E-state index in [1.807, 2.05) is 0 Å². The van der Waals surface area contributed by atoms with Gasteiger partial charge in [-0.25, -0.2) is 13.2 Å². The second-order valence-electron chi connectivity index (χ2n) is 4.33. The molecule has 3 rings (SSSR count). The summed E-state index contributed by atoms with van der Waals surface area (Å²) in [6.45, 7) is 0.319. The molecule has 1 aliphatic heterocycles. The van der Waals surface area contributed by atoms with Gasteiger partial charge in [-0.3, -0.25) is 0 Å². The van der Waals surface area contributed by atoms with E-state index in [9.17, 15) is 13.2 Å². The zero-order valence-electron chi connectivity index (χ0n) is 9.79. The number of hydrogen-bond acceptors (Lipinski definition) is 2. The molecule has 0 spiro atoms. The van der Waals surface area contributed by atoms with E-state index < -0.39 is 17.7 Å². The summed E-state index contributed by atoms with van der Waals surface area (Å²) in [5.74, 6) is -1.21. The average molecular weight is 265 g/mol. The Balaban J connectivity index is 1.91. The molecule has 0 amide bonds. The van der Waals surface area contributed by atoms with Crippen molar-refractivity contribution in [2.24, 2.45) is 0 Å². The molecule has 1 N–H and O–H groups in total. The number of ether oxygens (including phenoxy) is 1. The van der Waals surface area contributed by atoms with Crippen LogP contribution in [-0.2, 0) is 0 Å². The van der Waals surface area contributed by atoms with Gasteiger partial charge in [0.25, 0.3) is 0 Å². The summed E-state index contributed by atoms with van der Waals surface area (Å²) < 4.78 is 45.0. The molecular formula is C14H10F3NO. The Morgan fingerprint density at radius 2 is 1.68 bits per heavy atom. The maximum Gasteiger partial charge on any atom is 0.143 e. The third kappa shape index (κ3) is 2.36. The highest BCUT2D eigenvalue weighted by atomic mass is 19.1. The number of fused-ring (bicyclic) bond motifs is 1. The van der Waals surface area contributed by atoms with E-state index >= 15 is 0 Å². The number of halogens is 3. The van der Waals surface area contributed by atoms with Crippen LogP contribution >= 0.6 is 0 Å². The zero-order valence-corrected chi connectivity index (χ0v) is 9.79. The highest BCUT2D eigenvalue weighted by Crippen LogP contribution is 2.34. The summed E-state index contributed by atoms with van der Waals surface area (Å²) in [5, 5.41) is 2.98. The fraction of sp³-hybridized carbons (Fsp3) is 0.143. The molecule has 1 aliphatic rings. The summed E-state index contributed by atoms with van der Waals surface area (Å²) in [6.07, 6.45) is -0.511. The Bertz CT molecular complexity index is 610. The highest BCUT2D eigenvalue weighted by molar-refractivity contribution is 5.58. The van der Waals surface area contributed by atoms with Crippen molar-refractivity contribution in [3.63, 3.8) is 0 Å².